The Kier molecular flexibility index (Phi) is 3.38. The van der Waals surface area contributed by atoms with E-state index in [2.05, 4.69) is 39.3 Å². The van der Waals surface area contributed by atoms with Gasteiger partial charge in [0.1, 0.15) is 10.0 Å². The summed E-state index contributed by atoms with van der Waals surface area (Å²) in [5.74, 6) is 1.42. The first-order valence-electron chi connectivity index (χ1n) is 5.48. The number of rotatable bonds is 3. The van der Waals surface area contributed by atoms with E-state index in [1.807, 2.05) is 7.05 Å². The standard InChI is InChI=1S/C10H17N5S/c1-7(2)9-14-13-8(16-9)6-12-10-11-4-5-15(10)3/h7H,4-6H2,1-3H3,(H,11,12). The fourth-order valence-corrected chi connectivity index (χ4v) is 2.23. The molecule has 2 heterocycles. The van der Waals surface area contributed by atoms with Gasteiger partial charge in [-0.1, -0.05) is 25.2 Å². The van der Waals surface area contributed by atoms with E-state index < -0.39 is 0 Å². The molecule has 16 heavy (non-hydrogen) atoms. The van der Waals surface area contributed by atoms with Gasteiger partial charge in [0, 0.05) is 19.5 Å². The van der Waals surface area contributed by atoms with Crippen LogP contribution in [0.15, 0.2) is 4.99 Å². The van der Waals surface area contributed by atoms with Gasteiger partial charge in [0.05, 0.1) is 13.1 Å². The summed E-state index contributed by atoms with van der Waals surface area (Å²) in [6, 6.07) is 0. The monoisotopic (exact) mass is 239 g/mol. The van der Waals surface area contributed by atoms with E-state index >= 15 is 0 Å². The zero-order valence-corrected chi connectivity index (χ0v) is 10.7. The second-order valence-electron chi connectivity index (χ2n) is 4.17. The first-order valence-corrected chi connectivity index (χ1v) is 6.30. The molecule has 0 saturated heterocycles. The van der Waals surface area contributed by atoms with Crippen molar-refractivity contribution >= 4 is 17.3 Å². The molecule has 0 saturated carbocycles. The van der Waals surface area contributed by atoms with Crippen molar-refractivity contribution in [1.29, 1.82) is 0 Å². The fourth-order valence-electron chi connectivity index (χ4n) is 1.45. The van der Waals surface area contributed by atoms with E-state index in [0.29, 0.717) is 12.5 Å². The lowest BCUT2D eigenvalue weighted by molar-refractivity contribution is 0.533. The second-order valence-corrected chi connectivity index (χ2v) is 5.26. The number of likely N-dealkylation sites (N-methyl/N-ethyl adjacent to an activating group) is 1. The lowest BCUT2D eigenvalue weighted by atomic mass is 10.2. The average Bonchev–Trinajstić information content (AvgIpc) is 2.83. The molecule has 1 aromatic rings. The molecule has 0 radical (unpaired) electrons. The van der Waals surface area contributed by atoms with Crippen molar-refractivity contribution in [2.45, 2.75) is 26.3 Å². The molecule has 0 unspecified atom stereocenters. The number of nitrogens with one attached hydrogen (secondary N) is 1. The third-order valence-electron chi connectivity index (χ3n) is 2.43. The van der Waals surface area contributed by atoms with Gasteiger partial charge in [0.15, 0.2) is 5.96 Å². The molecular weight excluding hydrogens is 222 g/mol. The quantitative estimate of drug-likeness (QED) is 0.856. The van der Waals surface area contributed by atoms with Crippen molar-refractivity contribution < 1.29 is 0 Å². The normalized spacial score (nSPS) is 15.8. The largest absolute Gasteiger partial charge is 0.350 e. The lowest BCUT2D eigenvalue weighted by Crippen LogP contribution is -2.35. The van der Waals surface area contributed by atoms with Crippen molar-refractivity contribution in [3.63, 3.8) is 0 Å². The van der Waals surface area contributed by atoms with Crippen LogP contribution in [0.4, 0.5) is 0 Å². The summed E-state index contributed by atoms with van der Waals surface area (Å²) >= 11 is 1.67. The number of guanidine groups is 1. The highest BCUT2D eigenvalue weighted by molar-refractivity contribution is 7.11. The topological polar surface area (TPSA) is 53.4 Å². The molecule has 1 aromatic heterocycles. The lowest BCUT2D eigenvalue weighted by Gasteiger charge is -2.13. The van der Waals surface area contributed by atoms with Crippen LogP contribution in [0, 0.1) is 0 Å². The molecular formula is C10H17N5S. The van der Waals surface area contributed by atoms with Crippen molar-refractivity contribution in [1.82, 2.24) is 20.4 Å². The second kappa shape index (κ2) is 4.78. The van der Waals surface area contributed by atoms with Crippen molar-refractivity contribution in [3.05, 3.63) is 10.0 Å². The van der Waals surface area contributed by atoms with E-state index in [-0.39, 0.29) is 0 Å². The molecule has 0 atom stereocenters. The number of nitrogens with zero attached hydrogens (tertiary/aromatic N) is 4. The van der Waals surface area contributed by atoms with Crippen LogP contribution in [0.2, 0.25) is 0 Å². The maximum atomic E-state index is 4.36. The van der Waals surface area contributed by atoms with E-state index in [0.717, 1.165) is 29.1 Å². The van der Waals surface area contributed by atoms with E-state index in [1.165, 1.54) is 0 Å². The average molecular weight is 239 g/mol. The molecule has 1 N–H and O–H groups in total. The molecule has 2 rings (SSSR count). The fraction of sp³-hybridized carbons (Fsp3) is 0.700. The Hall–Kier alpha value is -1.17. The third-order valence-corrected chi connectivity index (χ3v) is 3.66. The van der Waals surface area contributed by atoms with Crippen LogP contribution in [0.5, 0.6) is 0 Å². The summed E-state index contributed by atoms with van der Waals surface area (Å²) in [6.07, 6.45) is 0. The van der Waals surface area contributed by atoms with Gasteiger partial charge in [-0.2, -0.15) is 0 Å². The molecule has 0 amide bonds. The van der Waals surface area contributed by atoms with E-state index in [1.54, 1.807) is 11.3 Å². The Morgan fingerprint density at radius 1 is 1.44 bits per heavy atom. The Labute approximate surface area is 99.6 Å². The molecule has 0 fully saturated rings. The van der Waals surface area contributed by atoms with Crippen LogP contribution in [0.25, 0.3) is 0 Å². The highest BCUT2D eigenvalue weighted by Gasteiger charge is 2.13. The summed E-state index contributed by atoms with van der Waals surface area (Å²) in [5.41, 5.74) is 0. The highest BCUT2D eigenvalue weighted by atomic mass is 32.1. The van der Waals surface area contributed by atoms with Crippen LogP contribution in [0.1, 0.15) is 29.8 Å². The number of aromatic nitrogens is 2. The van der Waals surface area contributed by atoms with Gasteiger partial charge in [0.25, 0.3) is 0 Å². The van der Waals surface area contributed by atoms with E-state index in [4.69, 9.17) is 0 Å². The summed E-state index contributed by atoms with van der Waals surface area (Å²) in [4.78, 5) is 6.48. The van der Waals surface area contributed by atoms with Gasteiger partial charge in [-0.15, -0.1) is 10.2 Å². The van der Waals surface area contributed by atoms with Crippen molar-refractivity contribution in [2.24, 2.45) is 4.99 Å². The van der Waals surface area contributed by atoms with Crippen molar-refractivity contribution in [3.8, 4) is 0 Å². The van der Waals surface area contributed by atoms with Gasteiger partial charge in [-0.25, -0.2) is 0 Å². The van der Waals surface area contributed by atoms with Crippen molar-refractivity contribution in [2.75, 3.05) is 20.1 Å². The minimum Gasteiger partial charge on any atom is -0.350 e. The predicted octanol–water partition coefficient (Wildman–Crippen LogP) is 1.05. The van der Waals surface area contributed by atoms with Gasteiger partial charge in [-0.05, 0) is 0 Å². The number of aliphatic imine (C=N–C) groups is 1. The van der Waals surface area contributed by atoms with Crippen LogP contribution in [-0.4, -0.2) is 41.2 Å². The first-order chi connectivity index (χ1) is 7.66. The van der Waals surface area contributed by atoms with Gasteiger partial charge in [0.2, 0.25) is 0 Å². The third kappa shape index (κ3) is 2.49. The van der Waals surface area contributed by atoms with Gasteiger partial charge >= 0.3 is 0 Å². The molecule has 1 aliphatic heterocycles. The molecule has 5 nitrogen and oxygen atoms in total. The summed E-state index contributed by atoms with van der Waals surface area (Å²) < 4.78 is 0. The Bertz CT molecular complexity index is 384. The maximum Gasteiger partial charge on any atom is 0.194 e. The van der Waals surface area contributed by atoms with E-state index in [9.17, 15) is 0 Å². The molecule has 0 bridgehead atoms. The molecule has 0 spiro atoms. The number of hydrogen-bond donors (Lipinski definition) is 1. The summed E-state index contributed by atoms with van der Waals surface area (Å²) in [7, 11) is 2.04. The van der Waals surface area contributed by atoms with Gasteiger partial charge in [-0.3, -0.25) is 4.99 Å². The Morgan fingerprint density at radius 2 is 2.25 bits per heavy atom. The SMILES string of the molecule is CC(C)c1nnc(CNC2=NCCN2C)s1. The molecule has 0 aliphatic carbocycles. The molecule has 0 aromatic carbocycles. The Balaban J connectivity index is 1.89. The zero-order valence-electron chi connectivity index (χ0n) is 9.90. The summed E-state index contributed by atoms with van der Waals surface area (Å²) in [5, 5.41) is 13.7. The first kappa shape index (κ1) is 11.3. The van der Waals surface area contributed by atoms with Crippen LogP contribution < -0.4 is 5.32 Å². The van der Waals surface area contributed by atoms with Crippen LogP contribution >= 0.6 is 11.3 Å². The molecule has 88 valence electrons. The smallest absolute Gasteiger partial charge is 0.194 e. The molecule has 6 heteroatoms. The highest BCUT2D eigenvalue weighted by Crippen LogP contribution is 2.18. The van der Waals surface area contributed by atoms with Crippen LogP contribution in [0.3, 0.4) is 0 Å². The minimum absolute atomic E-state index is 0.456. The van der Waals surface area contributed by atoms with Crippen LogP contribution in [-0.2, 0) is 6.54 Å². The number of hydrogen-bond acceptors (Lipinski definition) is 6. The maximum absolute atomic E-state index is 4.36. The zero-order chi connectivity index (χ0) is 11.5. The molecule has 1 aliphatic rings. The Morgan fingerprint density at radius 3 is 2.81 bits per heavy atom. The van der Waals surface area contributed by atoms with Gasteiger partial charge < -0.3 is 10.2 Å². The predicted molar refractivity (Wildman–Crippen MR) is 65.8 cm³/mol. The summed E-state index contributed by atoms with van der Waals surface area (Å²) in [6.45, 7) is 6.86. The minimum atomic E-state index is 0.456.